The quantitative estimate of drug-likeness (QED) is 0.579. The van der Waals surface area contributed by atoms with Gasteiger partial charge in [-0.25, -0.2) is 4.79 Å². The Morgan fingerprint density at radius 3 is 3.00 bits per heavy atom. The fourth-order valence-electron chi connectivity index (χ4n) is 2.43. The first-order chi connectivity index (χ1) is 5.79. The van der Waals surface area contributed by atoms with Gasteiger partial charge in [-0.05, 0) is 18.8 Å². The Hall–Kier alpha value is -0.730. The minimum absolute atomic E-state index is 0.109. The Morgan fingerprint density at radius 2 is 2.17 bits per heavy atom. The van der Waals surface area contributed by atoms with Crippen LogP contribution in [0.3, 0.4) is 0 Å². The summed E-state index contributed by atoms with van der Waals surface area (Å²) < 4.78 is 0. The Labute approximate surface area is 73.1 Å². The molecule has 2 rings (SSSR count). The van der Waals surface area contributed by atoms with Gasteiger partial charge in [0.2, 0.25) is 0 Å². The number of nitrogens with one attached hydrogen (secondary N) is 1. The van der Waals surface area contributed by atoms with Crippen molar-refractivity contribution < 1.29 is 4.79 Å². The van der Waals surface area contributed by atoms with Crippen LogP contribution < -0.4 is 5.32 Å². The highest BCUT2D eigenvalue weighted by Gasteiger charge is 2.34. The maximum Gasteiger partial charge on any atom is 0.317 e. The molecule has 12 heavy (non-hydrogen) atoms. The van der Waals surface area contributed by atoms with Crippen LogP contribution in [0.25, 0.3) is 0 Å². The van der Waals surface area contributed by atoms with E-state index in [1.165, 1.54) is 25.7 Å². The molecule has 3 nitrogen and oxygen atoms in total. The van der Waals surface area contributed by atoms with Crippen molar-refractivity contribution in [2.45, 2.75) is 31.7 Å². The normalized spacial score (nSPS) is 35.8. The van der Waals surface area contributed by atoms with Gasteiger partial charge in [-0.3, -0.25) is 0 Å². The van der Waals surface area contributed by atoms with Gasteiger partial charge >= 0.3 is 6.03 Å². The van der Waals surface area contributed by atoms with Crippen LogP contribution >= 0.6 is 0 Å². The largest absolute Gasteiger partial charge is 0.338 e. The van der Waals surface area contributed by atoms with E-state index in [1.54, 1.807) is 0 Å². The molecule has 0 radical (unpaired) electrons. The average Bonchev–Trinajstić information content (AvgIpc) is 2.12. The van der Waals surface area contributed by atoms with E-state index in [-0.39, 0.29) is 6.03 Å². The van der Waals surface area contributed by atoms with E-state index in [0.717, 1.165) is 6.54 Å². The molecule has 2 aliphatic rings. The number of nitrogens with zero attached hydrogens (tertiary/aromatic N) is 1. The average molecular weight is 168 g/mol. The van der Waals surface area contributed by atoms with Gasteiger partial charge in [-0.15, -0.1) is 0 Å². The molecule has 1 saturated carbocycles. The van der Waals surface area contributed by atoms with Gasteiger partial charge in [0.1, 0.15) is 0 Å². The highest BCUT2D eigenvalue weighted by Crippen LogP contribution is 2.29. The summed E-state index contributed by atoms with van der Waals surface area (Å²) in [6, 6.07) is 0.630. The summed E-state index contributed by atoms with van der Waals surface area (Å²) in [5.74, 6) is 0.710. The highest BCUT2D eigenvalue weighted by atomic mass is 16.2. The van der Waals surface area contributed by atoms with Crippen molar-refractivity contribution in [2.75, 3.05) is 13.6 Å². The molecule has 0 bridgehead atoms. The predicted octanol–water partition coefficient (Wildman–Crippen LogP) is 1.20. The van der Waals surface area contributed by atoms with Crippen molar-refractivity contribution in [3.8, 4) is 0 Å². The van der Waals surface area contributed by atoms with Gasteiger partial charge in [0, 0.05) is 19.6 Å². The first-order valence-corrected chi connectivity index (χ1v) is 4.79. The van der Waals surface area contributed by atoms with E-state index in [4.69, 9.17) is 0 Å². The van der Waals surface area contributed by atoms with E-state index < -0.39 is 0 Å². The molecule has 0 aromatic carbocycles. The van der Waals surface area contributed by atoms with Gasteiger partial charge in [0.05, 0.1) is 0 Å². The minimum atomic E-state index is 0.109. The number of amides is 2. The van der Waals surface area contributed by atoms with Crippen molar-refractivity contribution in [1.29, 1.82) is 0 Å². The molecule has 1 saturated heterocycles. The van der Waals surface area contributed by atoms with E-state index >= 15 is 0 Å². The maximum atomic E-state index is 11.3. The molecule has 2 atom stereocenters. The lowest BCUT2D eigenvalue weighted by atomic mass is 9.82. The summed E-state index contributed by atoms with van der Waals surface area (Å²) in [4.78, 5) is 13.1. The van der Waals surface area contributed by atoms with Crippen LogP contribution in [0.4, 0.5) is 4.79 Å². The molecule has 68 valence electrons. The van der Waals surface area contributed by atoms with Crippen LogP contribution in [-0.2, 0) is 0 Å². The summed E-state index contributed by atoms with van der Waals surface area (Å²) >= 11 is 0. The van der Waals surface area contributed by atoms with Gasteiger partial charge in [-0.1, -0.05) is 12.8 Å². The highest BCUT2D eigenvalue weighted by molar-refractivity contribution is 5.75. The van der Waals surface area contributed by atoms with Gasteiger partial charge in [-0.2, -0.15) is 0 Å². The Balaban J connectivity index is 2.08. The number of carbonyl (C=O) groups excluding carboxylic acids is 1. The maximum absolute atomic E-state index is 11.3. The monoisotopic (exact) mass is 168 g/mol. The SMILES string of the molecule is CN1C(=O)NCC2CCCCC21. The van der Waals surface area contributed by atoms with Crippen LogP contribution in [0.2, 0.25) is 0 Å². The molecule has 2 fully saturated rings. The second-order valence-corrected chi connectivity index (χ2v) is 3.91. The Kier molecular flexibility index (Phi) is 1.95. The molecule has 2 unspecified atom stereocenters. The van der Waals surface area contributed by atoms with Crippen LogP contribution in [0.1, 0.15) is 25.7 Å². The zero-order chi connectivity index (χ0) is 8.55. The second-order valence-electron chi connectivity index (χ2n) is 3.91. The molecule has 1 heterocycles. The van der Waals surface area contributed by atoms with Gasteiger partial charge in [0.15, 0.2) is 0 Å². The van der Waals surface area contributed by atoms with Crippen LogP contribution in [-0.4, -0.2) is 30.6 Å². The van der Waals surface area contributed by atoms with Crippen molar-refractivity contribution in [1.82, 2.24) is 10.2 Å². The first-order valence-electron chi connectivity index (χ1n) is 4.79. The lowest BCUT2D eigenvalue weighted by Crippen LogP contribution is -2.56. The van der Waals surface area contributed by atoms with E-state index in [9.17, 15) is 4.79 Å². The van der Waals surface area contributed by atoms with Crippen molar-refractivity contribution in [3.63, 3.8) is 0 Å². The third-order valence-electron chi connectivity index (χ3n) is 3.20. The van der Waals surface area contributed by atoms with Gasteiger partial charge in [0.25, 0.3) is 0 Å². The first kappa shape index (κ1) is 7.90. The van der Waals surface area contributed by atoms with Crippen molar-refractivity contribution in [2.24, 2.45) is 5.92 Å². The summed E-state index contributed by atoms with van der Waals surface area (Å²) in [6.07, 6.45) is 5.12. The lowest BCUT2D eigenvalue weighted by Gasteiger charge is -2.42. The zero-order valence-corrected chi connectivity index (χ0v) is 7.55. The summed E-state index contributed by atoms with van der Waals surface area (Å²) in [6.45, 7) is 0.897. The molecule has 1 aliphatic heterocycles. The van der Waals surface area contributed by atoms with E-state index in [1.807, 2.05) is 11.9 Å². The molecule has 2 amide bonds. The molecule has 1 N–H and O–H groups in total. The van der Waals surface area contributed by atoms with Crippen molar-refractivity contribution >= 4 is 6.03 Å². The smallest absolute Gasteiger partial charge is 0.317 e. The van der Waals surface area contributed by atoms with Crippen LogP contribution in [0.15, 0.2) is 0 Å². The Bertz CT molecular complexity index is 193. The third-order valence-corrected chi connectivity index (χ3v) is 3.20. The second kappa shape index (κ2) is 2.96. The summed E-state index contributed by atoms with van der Waals surface area (Å²) in [5, 5.41) is 2.92. The third kappa shape index (κ3) is 1.17. The number of fused-ring (bicyclic) bond motifs is 1. The molecule has 0 aromatic rings. The van der Waals surface area contributed by atoms with Crippen molar-refractivity contribution in [3.05, 3.63) is 0 Å². The van der Waals surface area contributed by atoms with Crippen LogP contribution in [0, 0.1) is 5.92 Å². The molecular weight excluding hydrogens is 152 g/mol. The molecule has 1 aliphatic carbocycles. The predicted molar refractivity (Wildman–Crippen MR) is 46.9 cm³/mol. The minimum Gasteiger partial charge on any atom is -0.338 e. The topological polar surface area (TPSA) is 32.3 Å². The van der Waals surface area contributed by atoms with Crippen LogP contribution in [0.5, 0.6) is 0 Å². The number of urea groups is 1. The lowest BCUT2D eigenvalue weighted by molar-refractivity contribution is 0.112. The Morgan fingerprint density at radius 1 is 1.42 bits per heavy atom. The molecule has 3 heteroatoms. The van der Waals surface area contributed by atoms with E-state index in [0.29, 0.717) is 12.0 Å². The molecular formula is C9H16N2O. The fourth-order valence-corrected chi connectivity index (χ4v) is 2.43. The standard InChI is InChI=1S/C9H16N2O/c1-11-8-5-3-2-4-7(8)6-10-9(11)12/h7-8H,2-6H2,1H3,(H,10,12). The number of hydrogen-bond acceptors (Lipinski definition) is 1. The van der Waals surface area contributed by atoms with Gasteiger partial charge < -0.3 is 10.2 Å². The summed E-state index contributed by atoms with van der Waals surface area (Å²) in [5.41, 5.74) is 0. The molecule has 0 spiro atoms. The van der Waals surface area contributed by atoms with E-state index in [2.05, 4.69) is 5.32 Å². The number of carbonyl (C=O) groups is 1. The summed E-state index contributed by atoms with van der Waals surface area (Å²) in [7, 11) is 1.91. The fraction of sp³-hybridized carbons (Fsp3) is 0.889. The number of hydrogen-bond donors (Lipinski definition) is 1. The number of rotatable bonds is 0. The zero-order valence-electron chi connectivity index (χ0n) is 7.55. The molecule has 0 aromatic heterocycles.